The Morgan fingerprint density at radius 3 is 2.77 bits per heavy atom. The summed E-state index contributed by atoms with van der Waals surface area (Å²) in [6.07, 6.45) is 0. The number of pyridine rings is 1. The van der Waals surface area contributed by atoms with Crippen molar-refractivity contribution in [1.82, 2.24) is 4.98 Å². The van der Waals surface area contributed by atoms with Gasteiger partial charge in [-0.2, -0.15) is 0 Å². The van der Waals surface area contributed by atoms with Gasteiger partial charge >= 0.3 is 0 Å². The number of anilines is 2. The lowest BCUT2D eigenvalue weighted by molar-refractivity contribution is 0.102. The molecule has 8 heteroatoms. The largest absolute Gasteiger partial charge is 0.497 e. The Labute approximate surface area is 180 Å². The van der Waals surface area contributed by atoms with Crippen molar-refractivity contribution in [1.29, 1.82) is 0 Å². The molecular formula is C23H23N3O5. The van der Waals surface area contributed by atoms with E-state index in [1.54, 1.807) is 38.5 Å². The molecule has 0 spiro atoms. The van der Waals surface area contributed by atoms with Gasteiger partial charge in [0.05, 0.1) is 25.0 Å². The molecule has 2 aromatic carbocycles. The van der Waals surface area contributed by atoms with E-state index < -0.39 is 0 Å². The summed E-state index contributed by atoms with van der Waals surface area (Å²) in [4.78, 5) is 17.7. The monoisotopic (exact) mass is 421 g/mol. The molecule has 2 heterocycles. The minimum atomic E-state index is -0.280. The predicted molar refractivity (Wildman–Crippen MR) is 117 cm³/mol. The van der Waals surface area contributed by atoms with E-state index in [4.69, 9.17) is 18.9 Å². The molecule has 3 aromatic rings. The fourth-order valence-electron chi connectivity index (χ4n) is 3.16. The molecule has 2 N–H and O–H groups in total. The molecule has 8 nitrogen and oxygen atoms in total. The number of fused-ring (bicyclic) bond motifs is 1. The summed E-state index contributed by atoms with van der Waals surface area (Å²) in [7, 11) is 3.20. The zero-order valence-corrected chi connectivity index (χ0v) is 17.3. The van der Waals surface area contributed by atoms with E-state index in [0.717, 1.165) is 5.56 Å². The Bertz CT molecular complexity index is 1090. The van der Waals surface area contributed by atoms with Gasteiger partial charge in [0, 0.05) is 31.0 Å². The van der Waals surface area contributed by atoms with E-state index in [1.165, 1.54) is 0 Å². The Morgan fingerprint density at radius 2 is 1.94 bits per heavy atom. The lowest BCUT2D eigenvalue weighted by atomic mass is 10.1. The molecule has 0 aliphatic carbocycles. The van der Waals surface area contributed by atoms with Gasteiger partial charge in [-0.1, -0.05) is 6.07 Å². The van der Waals surface area contributed by atoms with Crippen LogP contribution in [0.25, 0.3) is 11.3 Å². The first kappa shape index (κ1) is 20.5. The highest BCUT2D eigenvalue weighted by Gasteiger charge is 2.18. The van der Waals surface area contributed by atoms with Crippen LogP contribution < -0.4 is 24.8 Å². The highest BCUT2D eigenvalue weighted by atomic mass is 16.7. The molecule has 0 saturated heterocycles. The summed E-state index contributed by atoms with van der Waals surface area (Å²) in [5.74, 6) is 2.22. The minimum absolute atomic E-state index is 0.208. The number of nitrogens with zero attached hydrogens (tertiary/aromatic N) is 1. The number of carbonyl (C=O) groups excluding carboxylic acids is 1. The number of rotatable bonds is 8. The Morgan fingerprint density at radius 1 is 1.06 bits per heavy atom. The van der Waals surface area contributed by atoms with E-state index in [9.17, 15) is 4.79 Å². The van der Waals surface area contributed by atoms with E-state index >= 15 is 0 Å². The SMILES string of the molecule is COCCNc1nc(-c2ccc3c(c2)OCO3)ccc1C(=O)Nc1cccc(OC)c1. The molecule has 1 aromatic heterocycles. The second kappa shape index (κ2) is 9.36. The number of benzene rings is 2. The molecule has 4 rings (SSSR count). The van der Waals surface area contributed by atoms with Crippen molar-refractivity contribution in [2.75, 3.05) is 44.8 Å². The summed E-state index contributed by atoms with van der Waals surface area (Å²) in [6, 6.07) is 16.4. The number of methoxy groups -OCH3 is 2. The van der Waals surface area contributed by atoms with Crippen LogP contribution in [0.15, 0.2) is 54.6 Å². The van der Waals surface area contributed by atoms with Gasteiger partial charge in [0.1, 0.15) is 11.6 Å². The van der Waals surface area contributed by atoms with Crippen LogP contribution in [0.1, 0.15) is 10.4 Å². The lowest BCUT2D eigenvalue weighted by Crippen LogP contribution is -2.18. The van der Waals surface area contributed by atoms with Gasteiger partial charge in [-0.3, -0.25) is 4.79 Å². The lowest BCUT2D eigenvalue weighted by Gasteiger charge is -2.14. The maximum atomic E-state index is 13.0. The maximum Gasteiger partial charge on any atom is 0.259 e. The third-order valence-corrected chi connectivity index (χ3v) is 4.73. The van der Waals surface area contributed by atoms with E-state index in [0.29, 0.717) is 53.2 Å². The van der Waals surface area contributed by atoms with Crippen LogP contribution in [0.2, 0.25) is 0 Å². The van der Waals surface area contributed by atoms with Crippen molar-refractivity contribution in [2.45, 2.75) is 0 Å². The maximum absolute atomic E-state index is 13.0. The second-order valence-electron chi connectivity index (χ2n) is 6.77. The summed E-state index contributed by atoms with van der Waals surface area (Å²) in [5, 5.41) is 6.08. The average molecular weight is 421 g/mol. The van der Waals surface area contributed by atoms with Crippen molar-refractivity contribution in [3.05, 3.63) is 60.2 Å². The fourth-order valence-corrected chi connectivity index (χ4v) is 3.16. The van der Waals surface area contributed by atoms with Gasteiger partial charge in [0.2, 0.25) is 6.79 Å². The topological polar surface area (TPSA) is 90.9 Å². The molecule has 0 fully saturated rings. The van der Waals surface area contributed by atoms with E-state index in [2.05, 4.69) is 15.6 Å². The number of ether oxygens (including phenoxy) is 4. The van der Waals surface area contributed by atoms with Crippen LogP contribution >= 0.6 is 0 Å². The molecule has 31 heavy (non-hydrogen) atoms. The quantitative estimate of drug-likeness (QED) is 0.535. The van der Waals surface area contributed by atoms with Crippen molar-refractivity contribution in [3.63, 3.8) is 0 Å². The Balaban J connectivity index is 1.62. The molecule has 0 saturated carbocycles. The molecule has 0 unspecified atom stereocenters. The van der Waals surface area contributed by atoms with Gasteiger partial charge < -0.3 is 29.6 Å². The third-order valence-electron chi connectivity index (χ3n) is 4.73. The van der Waals surface area contributed by atoms with Crippen molar-refractivity contribution in [2.24, 2.45) is 0 Å². The molecule has 0 bridgehead atoms. The van der Waals surface area contributed by atoms with Gasteiger partial charge in [-0.05, 0) is 42.5 Å². The Hall–Kier alpha value is -3.78. The second-order valence-corrected chi connectivity index (χ2v) is 6.77. The van der Waals surface area contributed by atoms with Crippen molar-refractivity contribution < 1.29 is 23.7 Å². The summed E-state index contributed by atoms with van der Waals surface area (Å²) in [6.45, 7) is 1.19. The van der Waals surface area contributed by atoms with Crippen LogP contribution in [-0.2, 0) is 4.74 Å². The molecule has 0 atom stereocenters. The normalized spacial score (nSPS) is 11.8. The highest BCUT2D eigenvalue weighted by Crippen LogP contribution is 2.36. The number of hydrogen-bond donors (Lipinski definition) is 2. The first-order valence-corrected chi connectivity index (χ1v) is 9.77. The van der Waals surface area contributed by atoms with Gasteiger partial charge in [-0.15, -0.1) is 0 Å². The first-order chi connectivity index (χ1) is 15.2. The van der Waals surface area contributed by atoms with E-state index in [-0.39, 0.29) is 12.7 Å². The van der Waals surface area contributed by atoms with Crippen LogP contribution in [0.4, 0.5) is 11.5 Å². The average Bonchev–Trinajstić information content (AvgIpc) is 3.27. The molecular weight excluding hydrogens is 398 g/mol. The van der Waals surface area contributed by atoms with Crippen molar-refractivity contribution >= 4 is 17.4 Å². The molecule has 160 valence electrons. The standard InChI is InChI=1S/C23H23N3O5/c1-28-11-10-24-22-18(23(27)25-16-4-3-5-17(13-16)29-2)7-8-19(26-22)15-6-9-20-21(12-15)31-14-30-20/h3-9,12-13H,10-11,14H2,1-2H3,(H,24,26)(H,25,27). The first-order valence-electron chi connectivity index (χ1n) is 9.77. The Kier molecular flexibility index (Phi) is 6.18. The molecule has 1 amide bonds. The van der Waals surface area contributed by atoms with Gasteiger partial charge in [0.15, 0.2) is 11.5 Å². The fraction of sp³-hybridized carbons (Fsp3) is 0.217. The van der Waals surface area contributed by atoms with Gasteiger partial charge in [0.25, 0.3) is 5.91 Å². The molecule has 0 radical (unpaired) electrons. The summed E-state index contributed by atoms with van der Waals surface area (Å²) >= 11 is 0. The smallest absolute Gasteiger partial charge is 0.259 e. The van der Waals surface area contributed by atoms with Crippen molar-refractivity contribution in [3.8, 4) is 28.5 Å². The van der Waals surface area contributed by atoms with Crippen LogP contribution in [0.3, 0.4) is 0 Å². The number of amides is 1. The number of hydrogen-bond acceptors (Lipinski definition) is 7. The highest BCUT2D eigenvalue weighted by molar-refractivity contribution is 6.07. The number of aromatic nitrogens is 1. The predicted octanol–water partition coefficient (Wildman–Crippen LogP) is 3.80. The van der Waals surface area contributed by atoms with Crippen LogP contribution in [0.5, 0.6) is 17.2 Å². The molecule has 1 aliphatic heterocycles. The zero-order chi connectivity index (χ0) is 21.6. The molecule has 1 aliphatic rings. The zero-order valence-electron chi connectivity index (χ0n) is 17.3. The van der Waals surface area contributed by atoms with Crippen LogP contribution in [-0.4, -0.2) is 45.1 Å². The number of nitrogens with one attached hydrogen (secondary N) is 2. The number of carbonyl (C=O) groups is 1. The minimum Gasteiger partial charge on any atom is -0.497 e. The van der Waals surface area contributed by atoms with Crippen LogP contribution in [0, 0.1) is 0 Å². The van der Waals surface area contributed by atoms with E-state index in [1.807, 2.05) is 30.3 Å². The van der Waals surface area contributed by atoms with Gasteiger partial charge in [-0.25, -0.2) is 4.98 Å². The third kappa shape index (κ3) is 4.70. The summed E-state index contributed by atoms with van der Waals surface area (Å²) in [5.41, 5.74) is 2.62. The summed E-state index contributed by atoms with van der Waals surface area (Å²) < 4.78 is 21.2.